The number of rotatable bonds is 5. The molecular weight excluding hydrogens is 254 g/mol. The zero-order valence-electron chi connectivity index (χ0n) is 9.79. The number of hydrogen-bond donors (Lipinski definition) is 2. The maximum atomic E-state index is 11.5. The molecule has 2 rings (SSSR count). The van der Waals surface area contributed by atoms with E-state index in [1.807, 2.05) is 12.3 Å². The van der Waals surface area contributed by atoms with Crippen LogP contribution in [0.2, 0.25) is 0 Å². The number of nitrogen functional groups attached to an aromatic ring is 1. The third kappa shape index (κ3) is 2.59. The van der Waals surface area contributed by atoms with Gasteiger partial charge < -0.3 is 15.8 Å². The third-order valence-electron chi connectivity index (χ3n) is 2.29. The monoisotopic (exact) mass is 267 g/mol. The van der Waals surface area contributed by atoms with Crippen molar-refractivity contribution in [1.82, 2.24) is 14.2 Å². The van der Waals surface area contributed by atoms with Gasteiger partial charge >= 0.3 is 5.97 Å². The zero-order valence-corrected chi connectivity index (χ0v) is 10.6. The fourth-order valence-electron chi connectivity index (χ4n) is 1.44. The SMILES string of the molecule is COC(=O)c1c(N)nsc1NCCn1cccn1. The van der Waals surface area contributed by atoms with Gasteiger partial charge in [-0.1, -0.05) is 0 Å². The van der Waals surface area contributed by atoms with Crippen molar-refractivity contribution in [3.63, 3.8) is 0 Å². The summed E-state index contributed by atoms with van der Waals surface area (Å²) in [7, 11) is 1.31. The molecule has 0 atom stereocenters. The van der Waals surface area contributed by atoms with Crippen molar-refractivity contribution >= 4 is 28.3 Å². The second-order valence-corrected chi connectivity index (χ2v) is 4.23. The Morgan fingerprint density at radius 3 is 3.17 bits per heavy atom. The molecule has 0 spiro atoms. The van der Waals surface area contributed by atoms with Gasteiger partial charge in [-0.25, -0.2) is 4.79 Å². The predicted molar refractivity (Wildman–Crippen MR) is 68.6 cm³/mol. The number of carbonyl (C=O) groups is 1. The molecule has 0 aromatic carbocycles. The van der Waals surface area contributed by atoms with Crippen LogP contribution in [0.3, 0.4) is 0 Å². The molecule has 96 valence electrons. The lowest BCUT2D eigenvalue weighted by Crippen LogP contribution is -2.13. The number of nitrogens with one attached hydrogen (secondary N) is 1. The van der Waals surface area contributed by atoms with Gasteiger partial charge in [0.05, 0.1) is 13.7 Å². The molecule has 8 heteroatoms. The van der Waals surface area contributed by atoms with Crippen molar-refractivity contribution in [2.75, 3.05) is 24.7 Å². The van der Waals surface area contributed by atoms with E-state index in [9.17, 15) is 4.79 Å². The maximum absolute atomic E-state index is 11.5. The van der Waals surface area contributed by atoms with E-state index in [4.69, 9.17) is 5.73 Å². The van der Waals surface area contributed by atoms with Gasteiger partial charge in [0.2, 0.25) is 0 Å². The van der Waals surface area contributed by atoms with Crippen LogP contribution in [-0.2, 0) is 11.3 Å². The Morgan fingerprint density at radius 2 is 2.50 bits per heavy atom. The van der Waals surface area contributed by atoms with E-state index in [1.54, 1.807) is 10.9 Å². The van der Waals surface area contributed by atoms with Crippen molar-refractivity contribution < 1.29 is 9.53 Å². The quantitative estimate of drug-likeness (QED) is 0.779. The van der Waals surface area contributed by atoms with Crippen molar-refractivity contribution in [1.29, 1.82) is 0 Å². The number of hydrogen-bond acceptors (Lipinski definition) is 7. The lowest BCUT2D eigenvalue weighted by molar-refractivity contribution is 0.0603. The second-order valence-electron chi connectivity index (χ2n) is 3.46. The highest BCUT2D eigenvalue weighted by Gasteiger charge is 2.19. The van der Waals surface area contributed by atoms with E-state index in [0.29, 0.717) is 23.7 Å². The summed E-state index contributed by atoms with van der Waals surface area (Å²) in [6, 6.07) is 1.85. The Bertz CT molecular complexity index is 522. The lowest BCUT2D eigenvalue weighted by atomic mass is 10.3. The van der Waals surface area contributed by atoms with Gasteiger partial charge in [0.25, 0.3) is 0 Å². The molecule has 0 radical (unpaired) electrons. The number of anilines is 2. The molecule has 2 aromatic rings. The smallest absolute Gasteiger partial charge is 0.344 e. The first-order chi connectivity index (χ1) is 8.72. The highest BCUT2D eigenvalue weighted by molar-refractivity contribution is 7.11. The molecule has 0 unspecified atom stereocenters. The maximum Gasteiger partial charge on any atom is 0.344 e. The molecule has 0 aliphatic rings. The molecule has 3 N–H and O–H groups in total. The normalized spacial score (nSPS) is 10.3. The summed E-state index contributed by atoms with van der Waals surface area (Å²) < 4.78 is 10.4. The van der Waals surface area contributed by atoms with E-state index in [2.05, 4.69) is 19.5 Å². The molecule has 2 heterocycles. The molecule has 2 aromatic heterocycles. The Kier molecular flexibility index (Phi) is 3.78. The minimum absolute atomic E-state index is 0.188. The third-order valence-corrected chi connectivity index (χ3v) is 3.11. The van der Waals surface area contributed by atoms with Gasteiger partial charge in [-0.15, -0.1) is 0 Å². The zero-order chi connectivity index (χ0) is 13.0. The summed E-state index contributed by atoms with van der Waals surface area (Å²) in [5.41, 5.74) is 5.92. The number of methoxy groups -OCH3 is 1. The van der Waals surface area contributed by atoms with E-state index >= 15 is 0 Å². The molecule has 0 fully saturated rings. The number of nitrogens with zero attached hydrogens (tertiary/aromatic N) is 3. The van der Waals surface area contributed by atoms with E-state index < -0.39 is 5.97 Å². The molecule has 18 heavy (non-hydrogen) atoms. The van der Waals surface area contributed by atoms with Crippen molar-refractivity contribution in [3.05, 3.63) is 24.0 Å². The topological polar surface area (TPSA) is 95.1 Å². The second kappa shape index (κ2) is 5.50. The summed E-state index contributed by atoms with van der Waals surface area (Å²) in [6.07, 6.45) is 3.58. The van der Waals surface area contributed by atoms with Crippen LogP contribution in [0.5, 0.6) is 0 Å². The molecule has 7 nitrogen and oxygen atoms in total. The minimum atomic E-state index is -0.483. The molecule has 0 aliphatic carbocycles. The Labute approximate surface area is 108 Å². The van der Waals surface area contributed by atoms with E-state index in [-0.39, 0.29) is 5.82 Å². The number of aromatic nitrogens is 3. The Morgan fingerprint density at radius 1 is 1.67 bits per heavy atom. The first-order valence-electron chi connectivity index (χ1n) is 5.27. The number of ether oxygens (including phenoxy) is 1. The summed E-state index contributed by atoms with van der Waals surface area (Å²) in [5, 5.41) is 7.79. The standard InChI is InChI=1S/C10H13N5O2S/c1-17-10(16)7-8(11)14-18-9(7)12-4-6-15-5-2-3-13-15/h2-3,5,12H,4,6H2,1H3,(H2,11,14). The Balaban J connectivity index is 1.99. The predicted octanol–water partition coefficient (Wildman–Crippen LogP) is 0.821. The van der Waals surface area contributed by atoms with Gasteiger partial charge in [0.15, 0.2) is 5.82 Å². The van der Waals surface area contributed by atoms with Crippen LogP contribution < -0.4 is 11.1 Å². The number of esters is 1. The highest BCUT2D eigenvalue weighted by atomic mass is 32.1. The Hall–Kier alpha value is -2.09. The van der Waals surface area contributed by atoms with Gasteiger partial charge in [0.1, 0.15) is 10.6 Å². The van der Waals surface area contributed by atoms with Gasteiger partial charge in [0, 0.05) is 18.9 Å². The highest BCUT2D eigenvalue weighted by Crippen LogP contribution is 2.27. The van der Waals surface area contributed by atoms with Crippen LogP contribution in [0.15, 0.2) is 18.5 Å². The lowest BCUT2D eigenvalue weighted by Gasteiger charge is -2.06. The van der Waals surface area contributed by atoms with Crippen LogP contribution in [0, 0.1) is 0 Å². The fourth-order valence-corrected chi connectivity index (χ4v) is 2.17. The largest absolute Gasteiger partial charge is 0.465 e. The average molecular weight is 267 g/mol. The fraction of sp³-hybridized carbons (Fsp3) is 0.300. The summed E-state index contributed by atoms with van der Waals surface area (Å²) in [4.78, 5) is 11.5. The van der Waals surface area contributed by atoms with Gasteiger partial charge in [-0.2, -0.15) is 9.47 Å². The van der Waals surface area contributed by atoms with Crippen LogP contribution in [0.25, 0.3) is 0 Å². The first-order valence-corrected chi connectivity index (χ1v) is 6.04. The average Bonchev–Trinajstić information content (AvgIpc) is 2.99. The summed E-state index contributed by atoms with van der Waals surface area (Å²) in [6.45, 7) is 1.30. The van der Waals surface area contributed by atoms with Crippen molar-refractivity contribution in [3.8, 4) is 0 Å². The first kappa shape index (κ1) is 12.4. The summed E-state index contributed by atoms with van der Waals surface area (Å²) in [5.74, 6) is -0.295. The minimum Gasteiger partial charge on any atom is -0.465 e. The molecule has 0 aliphatic heterocycles. The summed E-state index contributed by atoms with van der Waals surface area (Å²) >= 11 is 1.14. The van der Waals surface area contributed by atoms with Crippen LogP contribution in [0.1, 0.15) is 10.4 Å². The van der Waals surface area contributed by atoms with Gasteiger partial charge in [-0.3, -0.25) is 4.68 Å². The van der Waals surface area contributed by atoms with Crippen molar-refractivity contribution in [2.24, 2.45) is 0 Å². The molecule has 0 saturated carbocycles. The molecule has 0 saturated heterocycles. The van der Waals surface area contributed by atoms with Crippen LogP contribution in [-0.4, -0.2) is 33.8 Å². The molecule has 0 amide bonds. The number of carbonyl (C=O) groups excluding carboxylic acids is 1. The van der Waals surface area contributed by atoms with Crippen LogP contribution in [0.4, 0.5) is 10.8 Å². The van der Waals surface area contributed by atoms with Gasteiger partial charge in [-0.05, 0) is 17.6 Å². The van der Waals surface area contributed by atoms with E-state index in [1.165, 1.54) is 7.11 Å². The molecular formula is C10H13N5O2S. The van der Waals surface area contributed by atoms with Crippen molar-refractivity contribution in [2.45, 2.75) is 6.54 Å². The molecule has 0 bridgehead atoms. The van der Waals surface area contributed by atoms with E-state index in [0.717, 1.165) is 11.5 Å². The number of nitrogens with two attached hydrogens (primary N) is 1. The van der Waals surface area contributed by atoms with Crippen LogP contribution >= 0.6 is 11.5 Å².